The SMILES string of the molecule is C#CCCc1cn(COCCOCCOCCNC(=O)C2OC(OC)C(O)C(O)C2OC(OCCO)C(NC)[C@H](C)C(C)O)nn1. The van der Waals surface area contributed by atoms with Gasteiger partial charge >= 0.3 is 0 Å². The van der Waals surface area contributed by atoms with Gasteiger partial charge in [-0.05, 0) is 14.0 Å². The van der Waals surface area contributed by atoms with Crippen LogP contribution in [0, 0.1) is 18.3 Å². The molecule has 1 aromatic heterocycles. The number of methoxy groups -OCH3 is 1. The molecule has 6 N–H and O–H groups in total. The molecule has 46 heavy (non-hydrogen) atoms. The second-order valence-electron chi connectivity index (χ2n) is 10.6. The highest BCUT2D eigenvalue weighted by Crippen LogP contribution is 2.27. The molecule has 8 unspecified atom stereocenters. The average molecular weight is 662 g/mol. The van der Waals surface area contributed by atoms with Crippen molar-refractivity contribution in [3.05, 3.63) is 11.9 Å². The third-order valence-corrected chi connectivity index (χ3v) is 7.28. The first-order valence-electron chi connectivity index (χ1n) is 15.3. The summed E-state index contributed by atoms with van der Waals surface area (Å²) in [4.78, 5) is 13.2. The van der Waals surface area contributed by atoms with Crippen molar-refractivity contribution in [2.24, 2.45) is 5.92 Å². The van der Waals surface area contributed by atoms with E-state index in [1.165, 1.54) is 7.11 Å². The zero-order valence-corrected chi connectivity index (χ0v) is 27.0. The quantitative estimate of drug-likeness (QED) is 0.0380. The molecule has 1 aliphatic rings. The van der Waals surface area contributed by atoms with E-state index in [0.29, 0.717) is 32.7 Å². The monoisotopic (exact) mass is 661 g/mol. The normalized spacial score (nSPS) is 24.2. The molecular formula is C29H51N5O12. The van der Waals surface area contributed by atoms with Crippen molar-refractivity contribution in [3.8, 4) is 12.3 Å². The maximum atomic E-state index is 13.2. The predicted octanol–water partition coefficient (Wildman–Crippen LogP) is -2.61. The van der Waals surface area contributed by atoms with E-state index in [1.807, 2.05) is 0 Å². The van der Waals surface area contributed by atoms with Crippen molar-refractivity contribution in [2.75, 3.05) is 67.0 Å². The summed E-state index contributed by atoms with van der Waals surface area (Å²) in [7, 11) is 2.90. The van der Waals surface area contributed by atoms with E-state index in [-0.39, 0.29) is 39.7 Å². The van der Waals surface area contributed by atoms with Crippen molar-refractivity contribution in [1.29, 1.82) is 0 Å². The largest absolute Gasteiger partial charge is 0.394 e. The zero-order valence-electron chi connectivity index (χ0n) is 27.0. The highest BCUT2D eigenvalue weighted by molar-refractivity contribution is 5.81. The summed E-state index contributed by atoms with van der Waals surface area (Å²) in [6, 6.07) is -0.617. The summed E-state index contributed by atoms with van der Waals surface area (Å²) in [5.41, 5.74) is 0.805. The number of likely N-dealkylation sites (N-methyl/N-ethyl adjacent to an activating group) is 1. The highest BCUT2D eigenvalue weighted by Gasteiger charge is 2.50. The summed E-state index contributed by atoms with van der Waals surface area (Å²) in [5, 5.41) is 54.6. The van der Waals surface area contributed by atoms with Gasteiger partial charge in [-0.3, -0.25) is 4.79 Å². The third-order valence-electron chi connectivity index (χ3n) is 7.28. The molecule has 1 aromatic rings. The smallest absolute Gasteiger partial charge is 0.252 e. The highest BCUT2D eigenvalue weighted by atomic mass is 16.7. The lowest BCUT2D eigenvalue weighted by Crippen LogP contribution is -2.64. The molecule has 1 amide bonds. The fourth-order valence-electron chi connectivity index (χ4n) is 4.55. The molecule has 9 atom stereocenters. The number of ether oxygens (including phenoxy) is 7. The van der Waals surface area contributed by atoms with Crippen molar-refractivity contribution < 1.29 is 58.4 Å². The first-order chi connectivity index (χ1) is 22.2. The van der Waals surface area contributed by atoms with Gasteiger partial charge in [0.1, 0.15) is 25.0 Å². The minimum atomic E-state index is -1.60. The minimum absolute atomic E-state index is 0.106. The second-order valence-corrected chi connectivity index (χ2v) is 10.6. The van der Waals surface area contributed by atoms with Gasteiger partial charge in [-0.15, -0.1) is 17.4 Å². The van der Waals surface area contributed by atoms with Crippen LogP contribution in [-0.4, -0.2) is 157 Å². The van der Waals surface area contributed by atoms with Crippen LogP contribution in [0.15, 0.2) is 6.20 Å². The Labute approximate surface area is 269 Å². The molecule has 0 bridgehead atoms. The van der Waals surface area contributed by atoms with Crippen LogP contribution >= 0.6 is 0 Å². The van der Waals surface area contributed by atoms with Gasteiger partial charge in [0.25, 0.3) is 5.91 Å². The molecule has 0 aromatic carbocycles. The van der Waals surface area contributed by atoms with Crippen LogP contribution in [0.25, 0.3) is 0 Å². The molecule has 1 saturated heterocycles. The molecule has 1 aliphatic heterocycles. The van der Waals surface area contributed by atoms with E-state index < -0.39 is 61.0 Å². The van der Waals surface area contributed by atoms with Crippen LogP contribution in [-0.2, 0) is 51.1 Å². The van der Waals surface area contributed by atoms with Gasteiger partial charge in [0, 0.05) is 32.4 Å². The summed E-state index contributed by atoms with van der Waals surface area (Å²) < 4.78 is 40.6. The van der Waals surface area contributed by atoms with Gasteiger partial charge in [0.05, 0.1) is 70.3 Å². The Morgan fingerprint density at radius 3 is 2.46 bits per heavy atom. The van der Waals surface area contributed by atoms with Gasteiger partial charge in [0.15, 0.2) is 18.7 Å². The van der Waals surface area contributed by atoms with Crippen LogP contribution in [0.4, 0.5) is 0 Å². The van der Waals surface area contributed by atoms with Crippen molar-refractivity contribution >= 4 is 5.91 Å². The first-order valence-corrected chi connectivity index (χ1v) is 15.3. The number of hydrogen-bond acceptors (Lipinski definition) is 15. The summed E-state index contributed by atoms with van der Waals surface area (Å²) >= 11 is 0. The Morgan fingerprint density at radius 2 is 1.83 bits per heavy atom. The van der Waals surface area contributed by atoms with E-state index in [9.17, 15) is 25.2 Å². The number of aromatic nitrogens is 3. The number of aliphatic hydroxyl groups is 4. The van der Waals surface area contributed by atoms with Gasteiger partial charge < -0.3 is 64.2 Å². The molecule has 2 heterocycles. The second kappa shape index (κ2) is 22.3. The number of terminal acetylenes is 1. The Balaban J connectivity index is 1.79. The van der Waals surface area contributed by atoms with E-state index in [1.54, 1.807) is 31.8 Å². The molecule has 17 nitrogen and oxygen atoms in total. The molecule has 1 fully saturated rings. The van der Waals surface area contributed by atoms with Gasteiger partial charge in [0.2, 0.25) is 0 Å². The number of aliphatic hydroxyl groups excluding tert-OH is 4. The fourth-order valence-corrected chi connectivity index (χ4v) is 4.55. The van der Waals surface area contributed by atoms with E-state index in [2.05, 4.69) is 26.9 Å². The van der Waals surface area contributed by atoms with Crippen LogP contribution in [0.1, 0.15) is 26.0 Å². The van der Waals surface area contributed by atoms with Gasteiger partial charge in [-0.1, -0.05) is 12.1 Å². The van der Waals surface area contributed by atoms with Crippen molar-refractivity contribution in [3.63, 3.8) is 0 Å². The number of amides is 1. The summed E-state index contributed by atoms with van der Waals surface area (Å²) in [6.45, 7) is 4.71. The van der Waals surface area contributed by atoms with Crippen LogP contribution in [0.3, 0.4) is 0 Å². The number of nitrogens with one attached hydrogen (secondary N) is 2. The molecular weight excluding hydrogens is 610 g/mol. The van der Waals surface area contributed by atoms with Crippen molar-refractivity contribution in [2.45, 2.75) is 82.6 Å². The Morgan fingerprint density at radius 1 is 1.13 bits per heavy atom. The maximum Gasteiger partial charge on any atom is 0.252 e. The lowest BCUT2D eigenvalue weighted by molar-refractivity contribution is -0.316. The summed E-state index contributed by atoms with van der Waals surface area (Å²) in [6.07, 6.45) is -0.833. The molecule has 0 radical (unpaired) electrons. The lowest BCUT2D eigenvalue weighted by atomic mass is 9.94. The summed E-state index contributed by atoms with van der Waals surface area (Å²) in [5.74, 6) is 1.52. The fraction of sp³-hybridized carbons (Fsp3) is 0.828. The minimum Gasteiger partial charge on any atom is -0.394 e. The first kappa shape index (κ1) is 39.9. The van der Waals surface area contributed by atoms with Gasteiger partial charge in [-0.25, -0.2) is 4.68 Å². The predicted molar refractivity (Wildman–Crippen MR) is 161 cm³/mol. The number of carbonyl (C=O) groups excluding carboxylic acids is 1. The lowest BCUT2D eigenvalue weighted by Gasteiger charge is -2.43. The van der Waals surface area contributed by atoms with E-state index >= 15 is 0 Å². The Kier molecular flexibility index (Phi) is 19.3. The standard InChI is InChI=1S/C29H51N5O12/c1-6-7-8-21-17-34(33-32-21)18-43-16-15-42-14-13-41-11-9-31-27(39)26-25(23(37)24(38)29(40-5)46-26)45-28(44-12-10-35)22(30-4)19(2)20(3)36/h1,17,19-20,22-26,28-30,35-38H,7-16,18H2,2-5H3,(H,31,39)/t19-,20?,22?,23?,24?,25?,26?,28?,29?/m1/s1. The van der Waals surface area contributed by atoms with E-state index in [0.717, 1.165) is 5.69 Å². The Bertz CT molecular complexity index is 1010. The van der Waals surface area contributed by atoms with Crippen molar-refractivity contribution in [1.82, 2.24) is 25.6 Å². The number of rotatable bonds is 24. The molecule has 2 rings (SSSR count). The topological polar surface area (TPSA) is 217 Å². The molecule has 0 spiro atoms. The Hall–Kier alpha value is -2.31. The average Bonchev–Trinajstić information content (AvgIpc) is 3.50. The number of hydrogen-bond donors (Lipinski definition) is 6. The van der Waals surface area contributed by atoms with Crippen LogP contribution in [0.2, 0.25) is 0 Å². The van der Waals surface area contributed by atoms with Gasteiger partial charge in [-0.2, -0.15) is 0 Å². The number of aryl methyl sites for hydroxylation is 1. The third kappa shape index (κ3) is 13.1. The number of carbonyl (C=O) groups is 1. The molecule has 0 aliphatic carbocycles. The van der Waals surface area contributed by atoms with E-state index in [4.69, 9.17) is 39.6 Å². The molecule has 17 heteroatoms. The molecule has 0 saturated carbocycles. The number of nitrogens with zero attached hydrogens (tertiary/aromatic N) is 3. The van der Waals surface area contributed by atoms with Crippen LogP contribution in [0.5, 0.6) is 0 Å². The van der Waals surface area contributed by atoms with Crippen LogP contribution < -0.4 is 10.6 Å². The zero-order chi connectivity index (χ0) is 33.9. The maximum absolute atomic E-state index is 13.2. The molecule has 264 valence electrons.